The third kappa shape index (κ3) is 5.33. The predicted octanol–water partition coefficient (Wildman–Crippen LogP) is 15.5. The van der Waals surface area contributed by atoms with Crippen LogP contribution in [0, 0.1) is 11.8 Å². The molecule has 2 nitrogen and oxygen atoms in total. The molecule has 8 aromatic rings. The van der Waals surface area contributed by atoms with Crippen molar-refractivity contribution in [2.24, 2.45) is 11.8 Å². The molecule has 0 saturated carbocycles. The van der Waals surface area contributed by atoms with Crippen molar-refractivity contribution < 1.29 is 0 Å². The third-order valence-electron chi connectivity index (χ3n) is 13.7. The Balaban J connectivity index is 1.20. The minimum absolute atomic E-state index is 0.299. The molecule has 290 valence electrons. The molecule has 4 unspecified atom stereocenters. The molecule has 0 N–H and O–H groups in total. The van der Waals surface area contributed by atoms with Crippen molar-refractivity contribution in [3.05, 3.63) is 229 Å². The molecule has 1 heterocycles. The standard InChI is InChI=1S/C58H48N2/c1-39-34-35-57(3)56-55(39)40(2)36-51(42-22-10-6-11-23-42)58(56,4)50-29-17-19-31-53(50)60(57)45-32-33-48-46-27-15-14-24-43(46)37-54(49(48)38-45)59(44-25-12-7-13-26-44)52-30-18-16-28-47(52)41-20-8-5-9-21-41/h5-40H,1-4H3. The van der Waals surface area contributed by atoms with E-state index in [4.69, 9.17) is 0 Å². The summed E-state index contributed by atoms with van der Waals surface area (Å²) in [5.41, 5.74) is 14.5. The van der Waals surface area contributed by atoms with Crippen LogP contribution < -0.4 is 9.80 Å². The topological polar surface area (TPSA) is 6.48 Å². The Morgan fingerprint density at radius 2 is 1.18 bits per heavy atom. The van der Waals surface area contributed by atoms with Gasteiger partial charge in [0.2, 0.25) is 0 Å². The van der Waals surface area contributed by atoms with E-state index in [1.165, 1.54) is 66.3 Å². The molecular formula is C58H48N2. The molecule has 60 heavy (non-hydrogen) atoms. The molecule has 8 aromatic carbocycles. The second-order valence-corrected chi connectivity index (χ2v) is 17.2. The summed E-state index contributed by atoms with van der Waals surface area (Å²) < 4.78 is 0. The Morgan fingerprint density at radius 1 is 0.533 bits per heavy atom. The number of rotatable bonds is 6. The number of anilines is 5. The number of hydrogen-bond donors (Lipinski definition) is 0. The lowest BCUT2D eigenvalue weighted by Gasteiger charge is -2.59. The van der Waals surface area contributed by atoms with Gasteiger partial charge in [0.15, 0.2) is 0 Å². The van der Waals surface area contributed by atoms with E-state index in [1.807, 2.05) is 0 Å². The zero-order valence-electron chi connectivity index (χ0n) is 34.7. The van der Waals surface area contributed by atoms with Gasteiger partial charge in [-0.05, 0) is 112 Å². The number of allylic oxidation sites excluding steroid dienone is 4. The van der Waals surface area contributed by atoms with Crippen molar-refractivity contribution in [3.8, 4) is 11.1 Å². The zero-order valence-corrected chi connectivity index (χ0v) is 34.7. The van der Waals surface area contributed by atoms with E-state index in [0.717, 1.165) is 17.1 Å². The number of para-hydroxylation sites is 3. The van der Waals surface area contributed by atoms with Crippen LogP contribution in [0.5, 0.6) is 0 Å². The van der Waals surface area contributed by atoms with Crippen LogP contribution in [0.4, 0.5) is 28.4 Å². The van der Waals surface area contributed by atoms with Crippen LogP contribution in [0.2, 0.25) is 0 Å². The van der Waals surface area contributed by atoms with Crippen LogP contribution in [0.3, 0.4) is 0 Å². The SMILES string of the molecule is CC1C=CC2(C)C3=C1C(C)C=C(c1ccccc1)C3(C)c1ccccc1N2c1ccc2c(c1)c(N(c1ccccc1)c1ccccc1-c1ccccc1)cc1ccccc12. The molecule has 0 aromatic heterocycles. The van der Waals surface area contributed by atoms with Crippen molar-refractivity contribution in [2.45, 2.75) is 38.6 Å². The van der Waals surface area contributed by atoms with E-state index in [2.05, 4.69) is 244 Å². The van der Waals surface area contributed by atoms with Gasteiger partial charge in [-0.3, -0.25) is 0 Å². The maximum Gasteiger partial charge on any atom is 0.0833 e. The fraction of sp³-hybridized carbons (Fsp3) is 0.138. The predicted molar refractivity (Wildman–Crippen MR) is 255 cm³/mol. The van der Waals surface area contributed by atoms with Gasteiger partial charge in [0.05, 0.1) is 16.9 Å². The average molecular weight is 773 g/mol. The molecule has 0 radical (unpaired) electrons. The summed E-state index contributed by atoms with van der Waals surface area (Å²) >= 11 is 0. The Bertz CT molecular complexity index is 3050. The van der Waals surface area contributed by atoms with Crippen LogP contribution in [0.15, 0.2) is 217 Å². The summed E-state index contributed by atoms with van der Waals surface area (Å²) in [4.78, 5) is 5.14. The first-order valence-electron chi connectivity index (χ1n) is 21.4. The number of nitrogens with zero attached hydrogens (tertiary/aromatic N) is 2. The van der Waals surface area contributed by atoms with E-state index in [0.29, 0.717) is 11.8 Å². The monoisotopic (exact) mass is 772 g/mol. The Hall–Kier alpha value is -6.90. The molecule has 3 aliphatic rings. The van der Waals surface area contributed by atoms with Crippen molar-refractivity contribution in [3.63, 3.8) is 0 Å². The summed E-state index contributed by atoms with van der Waals surface area (Å²) in [5, 5.41) is 4.91. The molecule has 0 amide bonds. The first-order valence-corrected chi connectivity index (χ1v) is 21.4. The van der Waals surface area contributed by atoms with Gasteiger partial charge in [-0.2, -0.15) is 0 Å². The van der Waals surface area contributed by atoms with Gasteiger partial charge in [-0.25, -0.2) is 0 Å². The highest BCUT2D eigenvalue weighted by atomic mass is 15.2. The smallest absolute Gasteiger partial charge is 0.0833 e. The fourth-order valence-electron chi connectivity index (χ4n) is 11.2. The summed E-state index contributed by atoms with van der Waals surface area (Å²) in [6, 6.07) is 69.3. The van der Waals surface area contributed by atoms with Crippen LogP contribution in [-0.4, -0.2) is 5.54 Å². The van der Waals surface area contributed by atoms with E-state index in [-0.39, 0.29) is 5.41 Å². The van der Waals surface area contributed by atoms with Crippen LogP contribution in [0.1, 0.15) is 38.8 Å². The normalized spacial score (nSPS) is 21.7. The molecule has 4 atom stereocenters. The highest BCUT2D eigenvalue weighted by Gasteiger charge is 2.56. The van der Waals surface area contributed by atoms with Gasteiger partial charge in [0.25, 0.3) is 0 Å². The van der Waals surface area contributed by atoms with Gasteiger partial charge < -0.3 is 9.80 Å². The van der Waals surface area contributed by atoms with Crippen molar-refractivity contribution in [1.82, 2.24) is 0 Å². The highest BCUT2D eigenvalue weighted by Crippen LogP contribution is 2.64. The lowest BCUT2D eigenvalue weighted by molar-refractivity contribution is 0.468. The quantitative estimate of drug-likeness (QED) is 0.123. The highest BCUT2D eigenvalue weighted by molar-refractivity contribution is 6.16. The molecule has 2 aliphatic carbocycles. The lowest BCUT2D eigenvalue weighted by atomic mass is 9.52. The minimum Gasteiger partial charge on any atom is -0.328 e. The molecule has 0 fully saturated rings. The van der Waals surface area contributed by atoms with Gasteiger partial charge in [-0.1, -0.05) is 183 Å². The molecule has 0 spiro atoms. The van der Waals surface area contributed by atoms with Gasteiger partial charge >= 0.3 is 0 Å². The van der Waals surface area contributed by atoms with Gasteiger partial charge in [0.1, 0.15) is 0 Å². The fourth-order valence-corrected chi connectivity index (χ4v) is 11.2. The molecular weight excluding hydrogens is 725 g/mol. The molecule has 2 heteroatoms. The minimum atomic E-state index is -0.433. The summed E-state index contributed by atoms with van der Waals surface area (Å²) in [6.07, 6.45) is 7.55. The van der Waals surface area contributed by atoms with E-state index in [9.17, 15) is 0 Å². The number of fused-ring (bicyclic) bond motifs is 5. The van der Waals surface area contributed by atoms with Crippen molar-refractivity contribution in [1.29, 1.82) is 0 Å². The Kier molecular flexibility index (Phi) is 8.36. The van der Waals surface area contributed by atoms with E-state index >= 15 is 0 Å². The molecule has 1 aliphatic heterocycles. The van der Waals surface area contributed by atoms with Crippen LogP contribution >= 0.6 is 0 Å². The number of hydrogen-bond acceptors (Lipinski definition) is 2. The second kappa shape index (κ2) is 13.9. The van der Waals surface area contributed by atoms with Crippen LogP contribution in [0.25, 0.3) is 38.2 Å². The lowest BCUT2D eigenvalue weighted by Crippen LogP contribution is -2.57. The third-order valence-corrected chi connectivity index (χ3v) is 13.7. The molecule has 0 saturated heterocycles. The second-order valence-electron chi connectivity index (χ2n) is 17.2. The Labute approximate surface area is 354 Å². The first kappa shape index (κ1) is 36.2. The van der Waals surface area contributed by atoms with Crippen molar-refractivity contribution >= 4 is 55.6 Å². The molecule has 11 rings (SSSR count). The molecule has 0 bridgehead atoms. The van der Waals surface area contributed by atoms with Crippen molar-refractivity contribution in [2.75, 3.05) is 9.80 Å². The first-order chi connectivity index (χ1) is 29.4. The summed E-state index contributed by atoms with van der Waals surface area (Å²) in [7, 11) is 0. The van der Waals surface area contributed by atoms with Gasteiger partial charge in [0, 0.05) is 33.4 Å². The van der Waals surface area contributed by atoms with Crippen LogP contribution in [-0.2, 0) is 5.41 Å². The number of benzene rings is 8. The van der Waals surface area contributed by atoms with E-state index < -0.39 is 5.54 Å². The summed E-state index contributed by atoms with van der Waals surface area (Å²) in [6.45, 7) is 9.77. The maximum atomic E-state index is 2.66. The zero-order chi connectivity index (χ0) is 40.6. The largest absolute Gasteiger partial charge is 0.328 e. The average Bonchev–Trinajstić information content (AvgIpc) is 3.29. The Morgan fingerprint density at radius 3 is 1.97 bits per heavy atom. The van der Waals surface area contributed by atoms with E-state index in [1.54, 1.807) is 5.57 Å². The maximum absolute atomic E-state index is 2.66. The summed E-state index contributed by atoms with van der Waals surface area (Å²) in [5.74, 6) is 0.634. The van der Waals surface area contributed by atoms with Gasteiger partial charge in [-0.15, -0.1) is 0 Å².